The van der Waals surface area contributed by atoms with Gasteiger partial charge in [0.25, 0.3) is 0 Å². The molecule has 0 spiro atoms. The number of fused-ring (bicyclic) bond motifs is 1. The van der Waals surface area contributed by atoms with Crippen LogP contribution in [0.3, 0.4) is 0 Å². The molecule has 1 aliphatic heterocycles. The molecule has 0 saturated heterocycles. The minimum atomic E-state index is -1.08. The summed E-state index contributed by atoms with van der Waals surface area (Å²) in [5.74, 6) is -1.08. The summed E-state index contributed by atoms with van der Waals surface area (Å²) < 4.78 is 5.25. The van der Waals surface area contributed by atoms with E-state index in [9.17, 15) is 14.7 Å². The monoisotopic (exact) mass is 279 g/mol. The third-order valence-corrected chi connectivity index (χ3v) is 2.86. The number of rotatable bonds is 1. The van der Waals surface area contributed by atoms with Crippen molar-refractivity contribution < 1.29 is 19.4 Å². The highest BCUT2D eigenvalue weighted by atomic mass is 16.6. The van der Waals surface area contributed by atoms with Gasteiger partial charge in [0, 0.05) is 18.8 Å². The highest BCUT2D eigenvalue weighted by Gasteiger charge is 2.38. The largest absolute Gasteiger partial charge is 0.480 e. The van der Waals surface area contributed by atoms with Crippen molar-refractivity contribution in [1.82, 2.24) is 14.9 Å². The maximum Gasteiger partial charge on any atom is 0.411 e. The van der Waals surface area contributed by atoms with E-state index in [4.69, 9.17) is 4.74 Å². The van der Waals surface area contributed by atoms with Crippen LogP contribution in [0.25, 0.3) is 0 Å². The number of carbonyl (C=O) groups excluding carboxylic acids is 1. The van der Waals surface area contributed by atoms with Crippen molar-refractivity contribution in [3.63, 3.8) is 0 Å². The average Bonchev–Trinajstić information content (AvgIpc) is 2.35. The van der Waals surface area contributed by atoms with Gasteiger partial charge in [-0.2, -0.15) is 0 Å². The lowest BCUT2D eigenvalue weighted by molar-refractivity contribution is -0.143. The number of hydrogen-bond acceptors (Lipinski definition) is 5. The van der Waals surface area contributed by atoms with Crippen LogP contribution in [0.4, 0.5) is 4.79 Å². The number of carboxylic acids is 1. The van der Waals surface area contributed by atoms with Gasteiger partial charge in [0.05, 0.1) is 17.9 Å². The van der Waals surface area contributed by atoms with Crippen LogP contribution in [-0.2, 0) is 22.5 Å². The Balaban J connectivity index is 2.27. The minimum absolute atomic E-state index is 0.0923. The maximum absolute atomic E-state index is 12.1. The number of ether oxygens (including phenoxy) is 1. The average molecular weight is 279 g/mol. The number of aromatic nitrogens is 2. The fraction of sp³-hybridized carbons (Fsp3) is 0.538. The number of carbonyl (C=O) groups is 2. The number of aliphatic carboxylic acids is 1. The van der Waals surface area contributed by atoms with Crippen molar-refractivity contribution >= 4 is 12.1 Å². The highest BCUT2D eigenvalue weighted by Crippen LogP contribution is 2.22. The molecule has 1 unspecified atom stereocenters. The van der Waals surface area contributed by atoms with Gasteiger partial charge in [-0.05, 0) is 20.8 Å². The van der Waals surface area contributed by atoms with Crippen molar-refractivity contribution in [2.24, 2.45) is 0 Å². The number of nitrogens with zero attached hydrogens (tertiary/aromatic N) is 3. The second kappa shape index (κ2) is 5.07. The number of hydrogen-bond donors (Lipinski definition) is 1. The van der Waals surface area contributed by atoms with Gasteiger partial charge in [0.15, 0.2) is 0 Å². The smallest absolute Gasteiger partial charge is 0.411 e. The molecule has 20 heavy (non-hydrogen) atoms. The molecule has 1 N–H and O–H groups in total. The van der Waals surface area contributed by atoms with Crippen molar-refractivity contribution in [1.29, 1.82) is 0 Å². The molecule has 2 heterocycles. The molecule has 2 rings (SSSR count). The molecule has 0 fully saturated rings. The Morgan fingerprint density at radius 2 is 1.90 bits per heavy atom. The molecule has 0 bridgehead atoms. The summed E-state index contributed by atoms with van der Waals surface area (Å²) in [4.78, 5) is 32.9. The Kier molecular flexibility index (Phi) is 3.61. The topological polar surface area (TPSA) is 92.6 Å². The first-order valence-corrected chi connectivity index (χ1v) is 6.29. The zero-order valence-corrected chi connectivity index (χ0v) is 11.7. The van der Waals surface area contributed by atoms with Crippen LogP contribution in [-0.4, -0.2) is 43.7 Å². The molecule has 7 nitrogen and oxygen atoms in total. The van der Waals surface area contributed by atoms with Gasteiger partial charge in [-0.15, -0.1) is 0 Å². The van der Waals surface area contributed by atoms with Gasteiger partial charge >= 0.3 is 12.1 Å². The predicted octanol–water partition coefficient (Wildman–Crippen LogP) is 1.22. The van der Waals surface area contributed by atoms with Crippen LogP contribution in [0.5, 0.6) is 0 Å². The quantitative estimate of drug-likeness (QED) is 0.831. The molecule has 0 radical (unpaired) electrons. The molecule has 1 aromatic rings. The molecular weight excluding hydrogens is 262 g/mol. The first kappa shape index (κ1) is 14.2. The van der Waals surface area contributed by atoms with Crippen molar-refractivity contribution in [3.8, 4) is 0 Å². The van der Waals surface area contributed by atoms with E-state index in [1.807, 2.05) is 0 Å². The molecule has 108 valence electrons. The van der Waals surface area contributed by atoms with Crippen LogP contribution in [0.1, 0.15) is 32.2 Å². The number of amides is 1. The molecular formula is C13H17N3O4. The molecule has 1 aromatic heterocycles. The van der Waals surface area contributed by atoms with Gasteiger partial charge < -0.3 is 9.84 Å². The predicted molar refractivity (Wildman–Crippen MR) is 68.9 cm³/mol. The zero-order valence-electron chi connectivity index (χ0n) is 11.7. The van der Waals surface area contributed by atoms with Crippen LogP contribution >= 0.6 is 0 Å². The van der Waals surface area contributed by atoms with Gasteiger partial charge in [-0.1, -0.05) is 0 Å². The molecule has 7 heteroatoms. The molecule has 1 amide bonds. The lowest BCUT2D eigenvalue weighted by Crippen LogP contribution is -2.50. The molecule has 0 aromatic carbocycles. The normalized spacial score (nSPS) is 18.4. The standard InChI is InChI=1S/C13H17N3O4/c1-13(2,3)20-12(19)16-7-9-8(14-4-5-15-9)6-10(16)11(17)18/h4-5,10H,6-7H2,1-3H3,(H,17,18). The van der Waals surface area contributed by atoms with Crippen LogP contribution in [0.2, 0.25) is 0 Å². The van der Waals surface area contributed by atoms with E-state index in [1.54, 1.807) is 20.8 Å². The van der Waals surface area contributed by atoms with E-state index in [2.05, 4.69) is 9.97 Å². The van der Waals surface area contributed by atoms with Gasteiger partial charge in [0.2, 0.25) is 0 Å². The summed E-state index contributed by atoms with van der Waals surface area (Å²) in [7, 11) is 0. The van der Waals surface area contributed by atoms with Crippen molar-refractivity contribution in [2.45, 2.75) is 45.4 Å². The number of carboxylic acid groups (broad SMARTS) is 1. The Morgan fingerprint density at radius 1 is 1.30 bits per heavy atom. The summed E-state index contributed by atoms with van der Waals surface area (Å²) in [6.45, 7) is 5.30. The second-order valence-corrected chi connectivity index (χ2v) is 5.62. The van der Waals surface area contributed by atoms with E-state index < -0.39 is 23.7 Å². The molecule has 1 atom stereocenters. The van der Waals surface area contributed by atoms with Gasteiger partial charge in [-0.25, -0.2) is 9.59 Å². The first-order chi connectivity index (χ1) is 9.28. The van der Waals surface area contributed by atoms with Crippen LogP contribution in [0, 0.1) is 0 Å². The van der Waals surface area contributed by atoms with Crippen molar-refractivity contribution in [3.05, 3.63) is 23.8 Å². The zero-order chi connectivity index (χ0) is 14.9. The minimum Gasteiger partial charge on any atom is -0.480 e. The Labute approximate surface area is 116 Å². The summed E-state index contributed by atoms with van der Waals surface area (Å²) in [5, 5.41) is 9.28. The third-order valence-electron chi connectivity index (χ3n) is 2.86. The van der Waals surface area contributed by atoms with E-state index in [-0.39, 0.29) is 13.0 Å². The fourth-order valence-corrected chi connectivity index (χ4v) is 2.00. The van der Waals surface area contributed by atoms with E-state index in [0.717, 1.165) is 0 Å². The summed E-state index contributed by atoms with van der Waals surface area (Å²) in [5.41, 5.74) is 0.540. The second-order valence-electron chi connectivity index (χ2n) is 5.62. The Morgan fingerprint density at radius 3 is 2.45 bits per heavy atom. The lowest BCUT2D eigenvalue weighted by Gasteiger charge is -2.34. The molecule has 0 aliphatic carbocycles. The Hall–Kier alpha value is -2.18. The van der Waals surface area contributed by atoms with E-state index in [0.29, 0.717) is 11.4 Å². The molecule has 1 aliphatic rings. The SMILES string of the molecule is CC(C)(C)OC(=O)N1Cc2nccnc2CC1C(=O)O. The van der Waals surface area contributed by atoms with Crippen molar-refractivity contribution in [2.75, 3.05) is 0 Å². The van der Waals surface area contributed by atoms with Gasteiger partial charge in [0.1, 0.15) is 11.6 Å². The van der Waals surface area contributed by atoms with Crippen LogP contribution < -0.4 is 0 Å². The summed E-state index contributed by atoms with van der Waals surface area (Å²) in [6, 6.07) is -0.978. The lowest BCUT2D eigenvalue weighted by atomic mass is 10.0. The Bertz CT molecular complexity index is 539. The first-order valence-electron chi connectivity index (χ1n) is 6.29. The maximum atomic E-state index is 12.1. The highest BCUT2D eigenvalue weighted by molar-refractivity contribution is 5.81. The van der Waals surface area contributed by atoms with E-state index in [1.165, 1.54) is 17.3 Å². The van der Waals surface area contributed by atoms with E-state index >= 15 is 0 Å². The molecule has 0 saturated carbocycles. The third kappa shape index (κ3) is 3.04. The van der Waals surface area contributed by atoms with Gasteiger partial charge in [-0.3, -0.25) is 14.9 Å². The summed E-state index contributed by atoms with van der Waals surface area (Å²) >= 11 is 0. The summed E-state index contributed by atoms with van der Waals surface area (Å²) in [6.07, 6.45) is 2.52. The fourth-order valence-electron chi connectivity index (χ4n) is 2.00. The van der Waals surface area contributed by atoms with Crippen LogP contribution in [0.15, 0.2) is 12.4 Å².